The molecule has 0 radical (unpaired) electrons. The van der Waals surface area contributed by atoms with Gasteiger partial charge in [0.15, 0.2) is 0 Å². The molecule has 19 heavy (non-hydrogen) atoms. The summed E-state index contributed by atoms with van der Waals surface area (Å²) in [6.45, 7) is 2.08. The van der Waals surface area contributed by atoms with Crippen molar-refractivity contribution in [1.29, 1.82) is 0 Å². The van der Waals surface area contributed by atoms with E-state index in [2.05, 4.69) is 4.98 Å². The first-order valence-corrected chi connectivity index (χ1v) is 6.81. The molecule has 5 nitrogen and oxygen atoms in total. The molecule has 3 heterocycles. The third-order valence-corrected chi connectivity index (χ3v) is 4.42. The molecule has 1 spiro atoms. The van der Waals surface area contributed by atoms with Crippen molar-refractivity contribution in [1.82, 2.24) is 14.8 Å². The zero-order chi connectivity index (χ0) is 13.5. The SMILES string of the molecule is CN1CCC[C@]2(CCN(C(=O)c3ccc[nH]3)C2)C1=O. The summed E-state index contributed by atoms with van der Waals surface area (Å²) in [5, 5.41) is 0. The molecule has 1 atom stereocenters. The number of hydrogen-bond acceptors (Lipinski definition) is 2. The fourth-order valence-electron chi connectivity index (χ4n) is 3.33. The number of H-pyrrole nitrogens is 1. The van der Waals surface area contributed by atoms with E-state index in [1.807, 2.05) is 22.9 Å². The lowest BCUT2D eigenvalue weighted by atomic mass is 9.78. The lowest BCUT2D eigenvalue weighted by Crippen LogP contribution is -2.48. The molecule has 102 valence electrons. The highest BCUT2D eigenvalue weighted by Crippen LogP contribution is 2.39. The van der Waals surface area contributed by atoms with Gasteiger partial charge < -0.3 is 14.8 Å². The number of nitrogens with zero attached hydrogens (tertiary/aromatic N) is 2. The van der Waals surface area contributed by atoms with E-state index in [1.165, 1.54) is 0 Å². The molecule has 0 bridgehead atoms. The zero-order valence-corrected chi connectivity index (χ0v) is 11.2. The van der Waals surface area contributed by atoms with Gasteiger partial charge in [-0.25, -0.2) is 0 Å². The Bertz CT molecular complexity index is 497. The van der Waals surface area contributed by atoms with Crippen LogP contribution in [0.3, 0.4) is 0 Å². The first-order chi connectivity index (χ1) is 9.12. The van der Waals surface area contributed by atoms with Gasteiger partial charge in [0.1, 0.15) is 5.69 Å². The Labute approximate surface area is 112 Å². The topological polar surface area (TPSA) is 56.4 Å². The summed E-state index contributed by atoms with van der Waals surface area (Å²) in [4.78, 5) is 31.2. The average Bonchev–Trinajstić information content (AvgIpc) is 3.06. The number of carbonyl (C=O) groups is 2. The monoisotopic (exact) mass is 261 g/mol. The van der Waals surface area contributed by atoms with Crippen molar-refractivity contribution in [3.05, 3.63) is 24.0 Å². The van der Waals surface area contributed by atoms with Crippen LogP contribution in [-0.2, 0) is 4.79 Å². The summed E-state index contributed by atoms with van der Waals surface area (Å²) in [5.41, 5.74) is 0.281. The molecular formula is C14H19N3O2. The standard InChI is InChI=1S/C14H19N3O2/c1-16-8-3-5-14(13(16)19)6-9-17(10-14)12(18)11-4-2-7-15-11/h2,4,7,15H,3,5-6,8-10H2,1H3/t14-/m1/s1. The molecule has 2 amide bonds. The fourth-order valence-corrected chi connectivity index (χ4v) is 3.33. The summed E-state index contributed by atoms with van der Waals surface area (Å²) in [7, 11) is 1.86. The van der Waals surface area contributed by atoms with E-state index in [9.17, 15) is 9.59 Å². The van der Waals surface area contributed by atoms with Crippen molar-refractivity contribution in [2.75, 3.05) is 26.7 Å². The second-order valence-corrected chi connectivity index (χ2v) is 5.67. The van der Waals surface area contributed by atoms with Crippen LogP contribution in [-0.4, -0.2) is 53.3 Å². The van der Waals surface area contributed by atoms with Crippen LogP contribution in [0.1, 0.15) is 29.8 Å². The number of amides is 2. The smallest absolute Gasteiger partial charge is 0.270 e. The first-order valence-electron chi connectivity index (χ1n) is 6.81. The van der Waals surface area contributed by atoms with Crippen molar-refractivity contribution in [2.24, 2.45) is 5.41 Å². The molecular weight excluding hydrogens is 242 g/mol. The maximum absolute atomic E-state index is 12.4. The van der Waals surface area contributed by atoms with Crippen LogP contribution in [0.2, 0.25) is 0 Å². The maximum Gasteiger partial charge on any atom is 0.270 e. The molecule has 0 aromatic carbocycles. The summed E-state index contributed by atoms with van der Waals surface area (Å²) in [6.07, 6.45) is 4.48. The first kappa shape index (κ1) is 12.3. The normalized spacial score (nSPS) is 27.3. The van der Waals surface area contributed by atoms with Crippen molar-refractivity contribution >= 4 is 11.8 Å². The van der Waals surface area contributed by atoms with Gasteiger partial charge in [0.05, 0.1) is 5.41 Å². The van der Waals surface area contributed by atoms with Gasteiger partial charge in [-0.15, -0.1) is 0 Å². The predicted molar refractivity (Wildman–Crippen MR) is 70.6 cm³/mol. The highest BCUT2D eigenvalue weighted by molar-refractivity contribution is 5.94. The molecule has 2 aliphatic rings. The molecule has 0 saturated carbocycles. The Balaban J connectivity index is 1.76. The highest BCUT2D eigenvalue weighted by Gasteiger charge is 2.48. The van der Waals surface area contributed by atoms with Crippen LogP contribution in [0.5, 0.6) is 0 Å². The number of aromatic amines is 1. The summed E-state index contributed by atoms with van der Waals surface area (Å²) in [6, 6.07) is 3.60. The van der Waals surface area contributed by atoms with E-state index < -0.39 is 0 Å². The summed E-state index contributed by atoms with van der Waals surface area (Å²) >= 11 is 0. The second kappa shape index (κ2) is 4.40. The summed E-state index contributed by atoms with van der Waals surface area (Å²) < 4.78 is 0. The van der Waals surface area contributed by atoms with Gasteiger partial charge in [0.2, 0.25) is 5.91 Å². The van der Waals surface area contributed by atoms with E-state index in [1.54, 1.807) is 12.3 Å². The minimum Gasteiger partial charge on any atom is -0.357 e. The van der Waals surface area contributed by atoms with Crippen LogP contribution >= 0.6 is 0 Å². The highest BCUT2D eigenvalue weighted by atomic mass is 16.2. The minimum absolute atomic E-state index is 0.00269. The molecule has 5 heteroatoms. The molecule has 3 rings (SSSR count). The Hall–Kier alpha value is -1.78. The lowest BCUT2D eigenvalue weighted by Gasteiger charge is -2.37. The van der Waals surface area contributed by atoms with Crippen molar-refractivity contribution in [3.63, 3.8) is 0 Å². The molecule has 2 fully saturated rings. The Morgan fingerprint density at radius 3 is 2.95 bits per heavy atom. The number of nitrogens with one attached hydrogen (secondary N) is 1. The van der Waals surface area contributed by atoms with Crippen LogP contribution in [0.15, 0.2) is 18.3 Å². The molecule has 1 aromatic heterocycles. The number of carbonyl (C=O) groups excluding carboxylic acids is 2. The number of aromatic nitrogens is 1. The molecule has 0 unspecified atom stereocenters. The van der Waals surface area contributed by atoms with Crippen LogP contribution in [0.25, 0.3) is 0 Å². The zero-order valence-electron chi connectivity index (χ0n) is 11.2. The lowest BCUT2D eigenvalue weighted by molar-refractivity contribution is -0.143. The molecule has 2 aliphatic heterocycles. The van der Waals surface area contributed by atoms with Crippen LogP contribution in [0, 0.1) is 5.41 Å². The van der Waals surface area contributed by atoms with Gasteiger partial charge >= 0.3 is 0 Å². The van der Waals surface area contributed by atoms with Gasteiger partial charge in [-0.1, -0.05) is 0 Å². The molecule has 0 aliphatic carbocycles. The number of hydrogen-bond donors (Lipinski definition) is 1. The quantitative estimate of drug-likeness (QED) is 0.823. The van der Waals surface area contributed by atoms with E-state index in [-0.39, 0.29) is 17.2 Å². The molecule has 2 saturated heterocycles. The van der Waals surface area contributed by atoms with Gasteiger partial charge in [0.25, 0.3) is 5.91 Å². The average molecular weight is 261 g/mol. The number of rotatable bonds is 1. The van der Waals surface area contributed by atoms with Gasteiger partial charge in [-0.05, 0) is 31.4 Å². The van der Waals surface area contributed by atoms with Crippen molar-refractivity contribution in [2.45, 2.75) is 19.3 Å². The Morgan fingerprint density at radius 1 is 1.37 bits per heavy atom. The van der Waals surface area contributed by atoms with Crippen molar-refractivity contribution in [3.8, 4) is 0 Å². The Kier molecular flexibility index (Phi) is 2.84. The summed E-state index contributed by atoms with van der Waals surface area (Å²) in [5.74, 6) is 0.212. The fraction of sp³-hybridized carbons (Fsp3) is 0.571. The third kappa shape index (κ3) is 1.93. The Morgan fingerprint density at radius 2 is 2.21 bits per heavy atom. The minimum atomic E-state index is -0.324. The number of likely N-dealkylation sites (tertiary alicyclic amines) is 2. The molecule has 1 N–H and O–H groups in total. The second-order valence-electron chi connectivity index (χ2n) is 5.67. The maximum atomic E-state index is 12.4. The van der Waals surface area contributed by atoms with Gasteiger partial charge in [-0.3, -0.25) is 9.59 Å². The van der Waals surface area contributed by atoms with E-state index >= 15 is 0 Å². The molecule has 1 aromatic rings. The van der Waals surface area contributed by atoms with Crippen LogP contribution < -0.4 is 0 Å². The largest absolute Gasteiger partial charge is 0.357 e. The number of piperidine rings is 1. The van der Waals surface area contributed by atoms with Gasteiger partial charge in [-0.2, -0.15) is 0 Å². The van der Waals surface area contributed by atoms with E-state index in [0.717, 1.165) is 25.8 Å². The van der Waals surface area contributed by atoms with Gasteiger partial charge in [0, 0.05) is 32.9 Å². The third-order valence-electron chi connectivity index (χ3n) is 4.42. The van der Waals surface area contributed by atoms with E-state index in [4.69, 9.17) is 0 Å². The predicted octanol–water partition coefficient (Wildman–Crippen LogP) is 1.10. The van der Waals surface area contributed by atoms with E-state index in [0.29, 0.717) is 18.8 Å². The van der Waals surface area contributed by atoms with Crippen molar-refractivity contribution < 1.29 is 9.59 Å². The van der Waals surface area contributed by atoms with Crippen LogP contribution in [0.4, 0.5) is 0 Å².